The molecule has 0 unspecified atom stereocenters. The van der Waals surface area contributed by atoms with Crippen LogP contribution < -0.4 is 11.1 Å². The fraction of sp³-hybridized carbons (Fsp3) is 0.133. The van der Waals surface area contributed by atoms with Gasteiger partial charge in [0.1, 0.15) is 5.82 Å². The summed E-state index contributed by atoms with van der Waals surface area (Å²) in [7, 11) is 0. The first-order valence-electron chi connectivity index (χ1n) is 6.72. The topological polar surface area (TPSA) is 90.0 Å². The van der Waals surface area contributed by atoms with Crippen molar-refractivity contribution < 1.29 is 14.0 Å². The van der Waals surface area contributed by atoms with Gasteiger partial charge < -0.3 is 11.1 Å². The average molecular weight is 381 g/mol. The molecular formula is C15H14BrFN4O2. The third-order valence-electron chi connectivity index (χ3n) is 2.95. The van der Waals surface area contributed by atoms with Gasteiger partial charge in [0, 0.05) is 28.9 Å². The van der Waals surface area contributed by atoms with Gasteiger partial charge in [0.25, 0.3) is 5.91 Å². The Balaban J connectivity index is 2.16. The number of amides is 2. The second kappa shape index (κ2) is 7.19. The first-order chi connectivity index (χ1) is 10.9. The highest BCUT2D eigenvalue weighted by Gasteiger charge is 2.15. The van der Waals surface area contributed by atoms with Crippen LogP contribution in [-0.2, 0) is 11.3 Å². The van der Waals surface area contributed by atoms with E-state index in [0.29, 0.717) is 11.0 Å². The van der Waals surface area contributed by atoms with Crippen LogP contribution in [0, 0.1) is 5.82 Å². The molecule has 2 rings (SSSR count). The Morgan fingerprint density at radius 1 is 1.48 bits per heavy atom. The smallest absolute Gasteiger partial charge is 0.271 e. The van der Waals surface area contributed by atoms with Crippen molar-refractivity contribution in [2.24, 2.45) is 5.73 Å². The molecule has 3 N–H and O–H groups in total. The fourth-order valence-electron chi connectivity index (χ4n) is 1.84. The molecule has 0 spiro atoms. The molecule has 0 saturated heterocycles. The Bertz CT molecular complexity index is 786. The van der Waals surface area contributed by atoms with Crippen molar-refractivity contribution >= 4 is 39.5 Å². The van der Waals surface area contributed by atoms with Crippen LogP contribution in [0.3, 0.4) is 0 Å². The standard InChI is InChI=1S/C15H14BrFN4O2/c1-2-21-8-12(14(20-21)15(18)23)19-13(22)6-3-9-7-10(16)4-5-11(9)17/h3-8H,2H2,1H3,(H2,18,23)(H,19,22). The Morgan fingerprint density at radius 3 is 2.87 bits per heavy atom. The van der Waals surface area contributed by atoms with Gasteiger partial charge >= 0.3 is 0 Å². The first kappa shape index (κ1) is 16.9. The summed E-state index contributed by atoms with van der Waals surface area (Å²) in [6.45, 7) is 2.36. The summed E-state index contributed by atoms with van der Waals surface area (Å²) in [5.41, 5.74) is 5.67. The predicted octanol–water partition coefficient (Wildman–Crippen LogP) is 2.56. The number of nitrogens with one attached hydrogen (secondary N) is 1. The lowest BCUT2D eigenvalue weighted by Gasteiger charge is -2.00. The Kier molecular flexibility index (Phi) is 5.28. The number of halogens is 2. The summed E-state index contributed by atoms with van der Waals surface area (Å²) in [6, 6.07) is 4.40. The van der Waals surface area contributed by atoms with Gasteiger partial charge in [-0.15, -0.1) is 0 Å². The number of nitrogens with zero attached hydrogens (tertiary/aromatic N) is 2. The normalized spacial score (nSPS) is 10.9. The third kappa shape index (κ3) is 4.26. The summed E-state index contributed by atoms with van der Waals surface area (Å²) in [5, 5.41) is 6.47. The molecule has 0 atom stereocenters. The van der Waals surface area contributed by atoms with Gasteiger partial charge in [0.15, 0.2) is 5.69 Å². The van der Waals surface area contributed by atoms with Gasteiger partial charge in [0.2, 0.25) is 5.91 Å². The molecule has 0 radical (unpaired) electrons. The molecule has 2 aromatic rings. The van der Waals surface area contributed by atoms with Gasteiger partial charge in [-0.25, -0.2) is 4.39 Å². The molecule has 0 aliphatic carbocycles. The second-order valence-electron chi connectivity index (χ2n) is 4.60. The van der Waals surface area contributed by atoms with Gasteiger partial charge in [-0.3, -0.25) is 14.3 Å². The van der Waals surface area contributed by atoms with Crippen molar-refractivity contribution in [1.82, 2.24) is 9.78 Å². The Labute approximate surface area is 140 Å². The highest BCUT2D eigenvalue weighted by molar-refractivity contribution is 9.10. The van der Waals surface area contributed by atoms with E-state index in [4.69, 9.17) is 5.73 Å². The van der Waals surface area contributed by atoms with Crippen molar-refractivity contribution in [3.63, 3.8) is 0 Å². The number of nitrogens with two attached hydrogens (primary N) is 1. The Morgan fingerprint density at radius 2 is 2.22 bits per heavy atom. The van der Waals surface area contributed by atoms with Crippen molar-refractivity contribution in [2.75, 3.05) is 5.32 Å². The van der Waals surface area contributed by atoms with Crippen molar-refractivity contribution in [3.05, 3.63) is 52.0 Å². The van der Waals surface area contributed by atoms with Crippen LogP contribution in [0.15, 0.2) is 34.9 Å². The highest BCUT2D eigenvalue weighted by Crippen LogP contribution is 2.17. The minimum absolute atomic E-state index is 0.0257. The molecule has 1 aromatic heterocycles. The van der Waals surface area contributed by atoms with E-state index >= 15 is 0 Å². The van der Waals surface area contributed by atoms with Crippen LogP contribution in [0.25, 0.3) is 6.08 Å². The molecule has 1 aromatic carbocycles. The molecule has 120 valence electrons. The van der Waals surface area contributed by atoms with Crippen LogP contribution in [-0.4, -0.2) is 21.6 Å². The molecule has 0 saturated carbocycles. The number of carbonyl (C=O) groups is 2. The second-order valence-corrected chi connectivity index (χ2v) is 5.52. The number of primary amides is 1. The molecule has 8 heteroatoms. The number of rotatable bonds is 5. The quantitative estimate of drug-likeness (QED) is 0.780. The molecule has 23 heavy (non-hydrogen) atoms. The van der Waals surface area contributed by atoms with Crippen molar-refractivity contribution in [3.8, 4) is 0 Å². The summed E-state index contributed by atoms with van der Waals surface area (Å²) >= 11 is 3.23. The third-order valence-corrected chi connectivity index (χ3v) is 3.44. The largest absolute Gasteiger partial charge is 0.364 e. The summed E-state index contributed by atoms with van der Waals surface area (Å²) in [4.78, 5) is 23.2. The van der Waals surface area contributed by atoms with E-state index in [2.05, 4.69) is 26.3 Å². The Hall–Kier alpha value is -2.48. The first-order valence-corrected chi connectivity index (χ1v) is 7.51. The molecular weight excluding hydrogens is 367 g/mol. The van der Waals surface area contributed by atoms with E-state index in [0.717, 1.165) is 0 Å². The lowest BCUT2D eigenvalue weighted by Crippen LogP contribution is -2.16. The van der Waals surface area contributed by atoms with E-state index in [-0.39, 0.29) is 16.9 Å². The molecule has 0 aliphatic rings. The number of benzene rings is 1. The summed E-state index contributed by atoms with van der Waals surface area (Å²) in [6.07, 6.45) is 4.01. The van der Waals surface area contributed by atoms with E-state index < -0.39 is 17.6 Å². The van der Waals surface area contributed by atoms with Crippen LogP contribution in [0.5, 0.6) is 0 Å². The van der Waals surface area contributed by atoms with Crippen LogP contribution in [0.4, 0.5) is 10.1 Å². The van der Waals surface area contributed by atoms with E-state index in [1.807, 2.05) is 6.92 Å². The predicted molar refractivity (Wildman–Crippen MR) is 88.2 cm³/mol. The van der Waals surface area contributed by atoms with Gasteiger partial charge in [0.05, 0.1) is 5.69 Å². The molecule has 2 amide bonds. The highest BCUT2D eigenvalue weighted by atomic mass is 79.9. The zero-order valence-electron chi connectivity index (χ0n) is 12.2. The minimum atomic E-state index is -0.741. The molecule has 0 aliphatic heterocycles. The summed E-state index contributed by atoms with van der Waals surface area (Å²) < 4.78 is 15.8. The number of carbonyl (C=O) groups excluding carboxylic acids is 2. The van der Waals surface area contributed by atoms with Crippen molar-refractivity contribution in [1.29, 1.82) is 0 Å². The molecule has 6 nitrogen and oxygen atoms in total. The van der Waals surface area contributed by atoms with Gasteiger partial charge in [-0.05, 0) is 31.2 Å². The van der Waals surface area contributed by atoms with Crippen LogP contribution >= 0.6 is 15.9 Å². The zero-order chi connectivity index (χ0) is 17.0. The lowest BCUT2D eigenvalue weighted by molar-refractivity contribution is -0.111. The van der Waals surface area contributed by atoms with Gasteiger partial charge in [-0.2, -0.15) is 5.10 Å². The average Bonchev–Trinajstić information content (AvgIpc) is 2.91. The molecule has 0 fully saturated rings. The zero-order valence-corrected chi connectivity index (χ0v) is 13.8. The van der Waals surface area contributed by atoms with Crippen LogP contribution in [0.1, 0.15) is 23.0 Å². The summed E-state index contributed by atoms with van der Waals surface area (Å²) in [5.74, 6) is -1.72. The number of hydrogen-bond acceptors (Lipinski definition) is 3. The number of aryl methyl sites for hydroxylation is 1. The van der Waals surface area contributed by atoms with Crippen molar-refractivity contribution in [2.45, 2.75) is 13.5 Å². The number of anilines is 1. The van der Waals surface area contributed by atoms with Crippen LogP contribution in [0.2, 0.25) is 0 Å². The maximum Gasteiger partial charge on any atom is 0.271 e. The lowest BCUT2D eigenvalue weighted by atomic mass is 10.2. The van der Waals surface area contributed by atoms with E-state index in [9.17, 15) is 14.0 Å². The number of hydrogen-bond donors (Lipinski definition) is 2. The minimum Gasteiger partial charge on any atom is -0.364 e. The monoisotopic (exact) mass is 380 g/mol. The SMILES string of the molecule is CCn1cc(NC(=O)C=Cc2cc(Br)ccc2F)c(C(N)=O)n1. The molecule has 1 heterocycles. The van der Waals surface area contributed by atoms with Gasteiger partial charge in [-0.1, -0.05) is 15.9 Å². The van der Waals surface area contributed by atoms with E-state index in [1.165, 1.54) is 29.1 Å². The fourth-order valence-corrected chi connectivity index (χ4v) is 2.22. The number of aromatic nitrogens is 2. The maximum absolute atomic E-state index is 13.6. The molecule has 0 bridgehead atoms. The van der Waals surface area contributed by atoms with E-state index in [1.54, 1.807) is 12.1 Å². The maximum atomic E-state index is 13.6.